The number of ether oxygens (including phenoxy) is 1. The molecule has 0 rings (SSSR count). The summed E-state index contributed by atoms with van der Waals surface area (Å²) in [5.41, 5.74) is 0. The highest BCUT2D eigenvalue weighted by atomic mass is 32.2. The van der Waals surface area contributed by atoms with Gasteiger partial charge in [0.25, 0.3) is 0 Å². The SMILES string of the molecule is C=CCCCCCCCCCC(CCCCCCCCCC=C)COC(=O)CCS(=O)(=O)CC(F)(F)F. The Bertz CT molecular complexity index is 664. The van der Waals surface area contributed by atoms with Crippen LogP contribution in [0.2, 0.25) is 0 Å². The monoisotopic (exact) mass is 552 g/mol. The standard InChI is InChI=1S/C29H51F3O4S/c1-3-5-7-9-11-13-15-17-19-21-27(22-20-18-16-14-12-10-8-6-4-2)25-36-28(33)23-24-37(34,35)26-29(30,31)32/h3-4,27H,1-2,5-26H2. The minimum atomic E-state index is -4.80. The van der Waals surface area contributed by atoms with E-state index in [2.05, 4.69) is 13.2 Å². The van der Waals surface area contributed by atoms with Gasteiger partial charge in [0.2, 0.25) is 0 Å². The molecule has 0 aromatic heterocycles. The Balaban J connectivity index is 4.33. The van der Waals surface area contributed by atoms with Gasteiger partial charge in [0.15, 0.2) is 9.84 Å². The van der Waals surface area contributed by atoms with Crippen LogP contribution >= 0.6 is 0 Å². The lowest BCUT2D eigenvalue weighted by molar-refractivity contribution is -0.144. The van der Waals surface area contributed by atoms with Gasteiger partial charge < -0.3 is 4.74 Å². The summed E-state index contributed by atoms with van der Waals surface area (Å²) in [5, 5.41) is 0. The Morgan fingerprint density at radius 3 is 1.54 bits per heavy atom. The summed E-state index contributed by atoms with van der Waals surface area (Å²) < 4.78 is 65.5. The summed E-state index contributed by atoms with van der Waals surface area (Å²) in [5.74, 6) is -3.28. The highest BCUT2D eigenvalue weighted by molar-refractivity contribution is 7.91. The maximum Gasteiger partial charge on any atom is 0.402 e. The summed E-state index contributed by atoms with van der Waals surface area (Å²) in [6, 6.07) is 0. The van der Waals surface area contributed by atoms with Crippen LogP contribution in [0, 0.1) is 5.92 Å². The predicted molar refractivity (Wildman–Crippen MR) is 147 cm³/mol. The maximum atomic E-state index is 12.4. The van der Waals surface area contributed by atoms with Crippen molar-refractivity contribution in [2.75, 3.05) is 18.1 Å². The van der Waals surface area contributed by atoms with Gasteiger partial charge in [-0.1, -0.05) is 89.2 Å². The molecular weight excluding hydrogens is 501 g/mol. The number of sulfone groups is 1. The number of hydrogen-bond donors (Lipinski definition) is 0. The van der Waals surface area contributed by atoms with Crippen molar-refractivity contribution in [3.8, 4) is 0 Å². The summed E-state index contributed by atoms with van der Waals surface area (Å²) in [4.78, 5) is 12.0. The fourth-order valence-corrected chi connectivity index (χ4v) is 5.49. The van der Waals surface area contributed by atoms with E-state index in [-0.39, 0.29) is 12.5 Å². The van der Waals surface area contributed by atoms with E-state index in [1.54, 1.807) is 0 Å². The van der Waals surface area contributed by atoms with E-state index in [1.165, 1.54) is 64.2 Å². The lowest BCUT2D eigenvalue weighted by Crippen LogP contribution is -2.26. The number of esters is 1. The molecule has 37 heavy (non-hydrogen) atoms. The fourth-order valence-electron chi connectivity index (χ4n) is 4.37. The molecule has 4 nitrogen and oxygen atoms in total. The van der Waals surface area contributed by atoms with Crippen molar-refractivity contribution < 1.29 is 31.1 Å². The lowest BCUT2D eigenvalue weighted by Gasteiger charge is -2.17. The number of hydrogen-bond acceptors (Lipinski definition) is 4. The first-order valence-corrected chi connectivity index (χ1v) is 16.1. The van der Waals surface area contributed by atoms with Gasteiger partial charge in [-0.15, -0.1) is 13.2 Å². The molecule has 0 N–H and O–H groups in total. The first-order chi connectivity index (χ1) is 17.6. The quantitative estimate of drug-likeness (QED) is 0.0611. The number of allylic oxidation sites excluding steroid dienone is 2. The summed E-state index contributed by atoms with van der Waals surface area (Å²) in [7, 11) is -4.37. The van der Waals surface area contributed by atoms with Crippen LogP contribution in [-0.4, -0.2) is 38.7 Å². The van der Waals surface area contributed by atoms with Crippen molar-refractivity contribution in [1.82, 2.24) is 0 Å². The Morgan fingerprint density at radius 2 is 1.14 bits per heavy atom. The van der Waals surface area contributed by atoms with Crippen LogP contribution in [0.25, 0.3) is 0 Å². The van der Waals surface area contributed by atoms with Crippen LogP contribution < -0.4 is 0 Å². The number of carbonyl (C=O) groups excluding carboxylic acids is 1. The second kappa shape index (κ2) is 22.7. The third-order valence-electron chi connectivity index (χ3n) is 6.52. The van der Waals surface area contributed by atoms with Crippen molar-refractivity contribution in [3.63, 3.8) is 0 Å². The molecule has 0 saturated carbocycles. The fraction of sp³-hybridized carbons (Fsp3) is 0.828. The van der Waals surface area contributed by atoms with Gasteiger partial charge in [0, 0.05) is 0 Å². The van der Waals surface area contributed by atoms with Gasteiger partial charge >= 0.3 is 12.1 Å². The average molecular weight is 553 g/mol. The smallest absolute Gasteiger partial charge is 0.402 e. The number of alkyl halides is 3. The van der Waals surface area contributed by atoms with E-state index in [4.69, 9.17) is 4.74 Å². The Morgan fingerprint density at radius 1 is 0.730 bits per heavy atom. The molecule has 0 aliphatic carbocycles. The van der Waals surface area contributed by atoms with E-state index in [0.29, 0.717) is 0 Å². The van der Waals surface area contributed by atoms with Crippen molar-refractivity contribution in [2.45, 2.75) is 128 Å². The number of unbranched alkanes of at least 4 members (excludes halogenated alkanes) is 14. The van der Waals surface area contributed by atoms with Gasteiger partial charge in [-0.3, -0.25) is 4.79 Å². The highest BCUT2D eigenvalue weighted by Gasteiger charge is 2.35. The maximum absolute atomic E-state index is 12.4. The summed E-state index contributed by atoms with van der Waals surface area (Å²) in [6.45, 7) is 7.69. The highest BCUT2D eigenvalue weighted by Crippen LogP contribution is 2.21. The van der Waals surface area contributed by atoms with Crippen molar-refractivity contribution >= 4 is 15.8 Å². The zero-order chi connectivity index (χ0) is 27.8. The Hall–Kier alpha value is -1.31. The molecule has 0 bridgehead atoms. The molecule has 8 heteroatoms. The zero-order valence-corrected chi connectivity index (χ0v) is 23.7. The average Bonchev–Trinajstić information content (AvgIpc) is 2.82. The molecule has 218 valence electrons. The van der Waals surface area contributed by atoms with Crippen LogP contribution in [0.3, 0.4) is 0 Å². The molecule has 0 heterocycles. The molecule has 0 aliphatic heterocycles. The van der Waals surface area contributed by atoms with Crippen molar-refractivity contribution in [1.29, 1.82) is 0 Å². The molecule has 0 fully saturated rings. The van der Waals surface area contributed by atoms with Gasteiger partial charge in [-0.2, -0.15) is 13.2 Å². The Labute approximate surface area is 224 Å². The van der Waals surface area contributed by atoms with Gasteiger partial charge in [-0.05, 0) is 44.4 Å². The third-order valence-corrected chi connectivity index (χ3v) is 8.12. The number of carbonyl (C=O) groups is 1. The zero-order valence-electron chi connectivity index (χ0n) is 22.9. The summed E-state index contributed by atoms with van der Waals surface area (Å²) in [6.07, 6.45) is 19.1. The second-order valence-electron chi connectivity index (χ2n) is 10.2. The van der Waals surface area contributed by atoms with Gasteiger partial charge in [-0.25, -0.2) is 8.42 Å². The molecule has 0 atom stereocenters. The molecule has 0 aromatic rings. The van der Waals surface area contributed by atoms with E-state index in [9.17, 15) is 26.4 Å². The van der Waals surface area contributed by atoms with Gasteiger partial charge in [0.1, 0.15) is 5.75 Å². The molecule has 0 amide bonds. The number of halogens is 3. The van der Waals surface area contributed by atoms with E-state index in [1.807, 2.05) is 12.2 Å². The molecule has 0 aromatic carbocycles. The molecule has 0 saturated heterocycles. The molecule has 0 aliphatic rings. The van der Waals surface area contributed by atoms with Crippen LogP contribution in [0.5, 0.6) is 0 Å². The Kier molecular flexibility index (Phi) is 21.9. The molecule has 0 unspecified atom stereocenters. The van der Waals surface area contributed by atoms with E-state index < -0.39 is 39.9 Å². The number of rotatable bonds is 26. The molecule has 0 radical (unpaired) electrons. The minimum Gasteiger partial charge on any atom is -0.465 e. The summed E-state index contributed by atoms with van der Waals surface area (Å²) >= 11 is 0. The third kappa shape index (κ3) is 26.1. The van der Waals surface area contributed by atoms with Crippen LogP contribution in [0.1, 0.15) is 122 Å². The lowest BCUT2D eigenvalue weighted by atomic mass is 9.94. The van der Waals surface area contributed by atoms with E-state index in [0.717, 1.165) is 51.4 Å². The second-order valence-corrected chi connectivity index (χ2v) is 12.4. The minimum absolute atomic E-state index is 0.205. The predicted octanol–water partition coefficient (Wildman–Crippen LogP) is 8.91. The van der Waals surface area contributed by atoms with Crippen molar-refractivity contribution in [2.24, 2.45) is 5.92 Å². The first kappa shape index (κ1) is 35.7. The van der Waals surface area contributed by atoms with E-state index >= 15 is 0 Å². The topological polar surface area (TPSA) is 60.4 Å². The largest absolute Gasteiger partial charge is 0.465 e. The van der Waals surface area contributed by atoms with Gasteiger partial charge in [0.05, 0.1) is 18.8 Å². The normalized spacial score (nSPS) is 12.1. The molecule has 0 spiro atoms. The van der Waals surface area contributed by atoms with Crippen LogP contribution in [0.15, 0.2) is 25.3 Å². The first-order valence-electron chi connectivity index (χ1n) is 14.2. The van der Waals surface area contributed by atoms with Crippen molar-refractivity contribution in [3.05, 3.63) is 25.3 Å². The van der Waals surface area contributed by atoms with Crippen LogP contribution in [0.4, 0.5) is 13.2 Å². The molecular formula is C29H51F3O4S. The van der Waals surface area contributed by atoms with Crippen LogP contribution in [-0.2, 0) is 19.4 Å².